The first kappa shape index (κ1) is 49.9. The van der Waals surface area contributed by atoms with E-state index in [4.69, 9.17) is 42.0 Å². The Labute approximate surface area is 335 Å². The average Bonchev–Trinajstić information content (AvgIpc) is 3.16. The number of nitrogens with two attached hydrogens (primary N) is 2. The minimum absolute atomic E-state index is 0.0513. The van der Waals surface area contributed by atoms with Crippen molar-refractivity contribution in [2.75, 3.05) is 56.8 Å². The highest BCUT2D eigenvalue weighted by Crippen LogP contribution is 2.30. The standard InChI is InChI=1S/C25H18ClF3N4O3.C13H27NO5.C2H6/c26-18-7-8-21(32-23(35)16-4-1-3-15(11-16)14-34)20(13-18)24(36)33-22(30)9-10-31-19-6-2-5-17(12-19)25(27,28)29;1-13(2,3)19-12(15)4-6-16-8-10-18-11-9-17-7-5-14;1-2/h1-14,31H,(H,32,35)(H2,30,33,36);4-11,14H2,1-3H3;1-2H3/b10-9-;;. The fourth-order valence-corrected chi connectivity index (χ4v) is 4.32. The number of alkyl halides is 3. The fraction of sp³-hybridized carbons (Fsp3) is 0.375. The van der Waals surface area contributed by atoms with Crippen LogP contribution < -0.4 is 22.1 Å². The van der Waals surface area contributed by atoms with Crippen LogP contribution in [-0.2, 0) is 29.9 Å². The number of rotatable bonds is 18. The Kier molecular flexibility index (Phi) is 23.3. The maximum absolute atomic E-state index is 12.8. The number of hydrogen-bond acceptors (Lipinski definition) is 10. The van der Waals surface area contributed by atoms with Gasteiger partial charge in [0.15, 0.2) is 0 Å². The highest BCUT2D eigenvalue weighted by atomic mass is 35.5. The van der Waals surface area contributed by atoms with Crippen molar-refractivity contribution in [3.63, 3.8) is 0 Å². The number of nitrogens with zero attached hydrogens (tertiary/aromatic N) is 1. The number of aliphatic imine (C=N–C) groups is 1. The molecule has 57 heavy (non-hydrogen) atoms. The summed E-state index contributed by atoms with van der Waals surface area (Å²) in [5.41, 5.74) is 10.5. The molecule has 0 bridgehead atoms. The first-order chi connectivity index (χ1) is 27.0. The molecule has 0 spiro atoms. The van der Waals surface area contributed by atoms with Crippen LogP contribution in [0.1, 0.15) is 77.7 Å². The number of ether oxygens (including phenoxy) is 4. The predicted molar refractivity (Wildman–Crippen MR) is 215 cm³/mol. The second-order valence-electron chi connectivity index (χ2n) is 12.2. The van der Waals surface area contributed by atoms with E-state index in [0.29, 0.717) is 58.0 Å². The third kappa shape index (κ3) is 21.7. The van der Waals surface area contributed by atoms with Gasteiger partial charge in [0.25, 0.3) is 11.8 Å². The van der Waals surface area contributed by atoms with Gasteiger partial charge < -0.3 is 41.0 Å². The lowest BCUT2D eigenvalue weighted by atomic mass is 10.1. The van der Waals surface area contributed by atoms with Crippen LogP contribution in [0.5, 0.6) is 0 Å². The van der Waals surface area contributed by atoms with Crippen molar-refractivity contribution in [3.8, 4) is 0 Å². The van der Waals surface area contributed by atoms with Crippen molar-refractivity contribution in [1.29, 1.82) is 0 Å². The average molecular weight is 822 g/mol. The molecular weight excluding hydrogens is 771 g/mol. The zero-order valence-corrected chi connectivity index (χ0v) is 33.4. The molecule has 0 aliphatic carbocycles. The lowest BCUT2D eigenvalue weighted by Crippen LogP contribution is -2.24. The summed E-state index contributed by atoms with van der Waals surface area (Å²) in [6.07, 6.45) is -1.22. The molecule has 0 saturated heterocycles. The molecule has 3 aromatic rings. The van der Waals surface area contributed by atoms with Crippen LogP contribution in [0.4, 0.5) is 24.5 Å². The summed E-state index contributed by atoms with van der Waals surface area (Å²) in [6, 6.07) is 14.6. The first-order valence-corrected chi connectivity index (χ1v) is 18.2. The number of carbonyl (C=O) groups excluding carboxylic acids is 4. The Bertz CT molecular complexity index is 1780. The highest BCUT2D eigenvalue weighted by Gasteiger charge is 2.30. The van der Waals surface area contributed by atoms with E-state index in [0.717, 1.165) is 12.1 Å². The molecular formula is C40H51ClF3N5O8. The van der Waals surface area contributed by atoms with Crippen LogP contribution in [0, 0.1) is 0 Å². The summed E-state index contributed by atoms with van der Waals surface area (Å²) >= 11 is 6.00. The summed E-state index contributed by atoms with van der Waals surface area (Å²) in [4.78, 5) is 51.4. The lowest BCUT2D eigenvalue weighted by Gasteiger charge is -2.19. The van der Waals surface area contributed by atoms with Crippen LogP contribution in [0.2, 0.25) is 5.02 Å². The van der Waals surface area contributed by atoms with Gasteiger partial charge in [-0.3, -0.25) is 19.2 Å². The molecule has 13 nitrogen and oxygen atoms in total. The third-order valence-electron chi connectivity index (χ3n) is 6.55. The Morgan fingerprint density at radius 3 is 2.11 bits per heavy atom. The monoisotopic (exact) mass is 821 g/mol. The zero-order valence-electron chi connectivity index (χ0n) is 32.6. The molecule has 2 amide bonds. The van der Waals surface area contributed by atoms with Gasteiger partial charge in [0.2, 0.25) is 0 Å². The Morgan fingerprint density at radius 2 is 1.49 bits per heavy atom. The Morgan fingerprint density at radius 1 is 0.860 bits per heavy atom. The van der Waals surface area contributed by atoms with E-state index in [1.807, 2.05) is 34.6 Å². The van der Waals surface area contributed by atoms with E-state index in [1.165, 1.54) is 66.9 Å². The van der Waals surface area contributed by atoms with Crippen LogP contribution in [0.15, 0.2) is 84.0 Å². The first-order valence-electron chi connectivity index (χ1n) is 17.8. The fourth-order valence-electron chi connectivity index (χ4n) is 4.15. The number of benzene rings is 3. The maximum Gasteiger partial charge on any atom is 0.416 e. The number of carbonyl (C=O) groups is 4. The second kappa shape index (κ2) is 26.7. The summed E-state index contributed by atoms with van der Waals surface area (Å²) in [7, 11) is 0. The van der Waals surface area contributed by atoms with Gasteiger partial charge in [-0.25, -0.2) is 0 Å². The number of nitrogens with one attached hydrogen (secondary N) is 2. The van der Waals surface area contributed by atoms with Gasteiger partial charge in [0, 0.05) is 34.6 Å². The summed E-state index contributed by atoms with van der Waals surface area (Å²) in [5.74, 6) is -1.90. The molecule has 0 aromatic heterocycles. The molecule has 3 rings (SSSR count). The van der Waals surface area contributed by atoms with E-state index in [1.54, 1.807) is 0 Å². The molecule has 0 aliphatic heterocycles. The number of amidine groups is 1. The third-order valence-corrected chi connectivity index (χ3v) is 6.78. The van der Waals surface area contributed by atoms with Gasteiger partial charge in [-0.1, -0.05) is 43.6 Å². The SMILES string of the molecule is CC.CC(C)(C)OC(=O)CCOCCOCCOCCN.NC(/C=C\Nc1cccc(C(F)(F)F)c1)=NC(=O)c1cc(Cl)ccc1NC(=O)c1cccc(C=O)c1. The van der Waals surface area contributed by atoms with Crippen molar-refractivity contribution in [3.05, 3.63) is 106 Å². The van der Waals surface area contributed by atoms with Crippen molar-refractivity contribution in [2.24, 2.45) is 16.5 Å². The molecule has 6 N–H and O–H groups in total. The quantitative estimate of drug-likeness (QED) is 0.0331. The van der Waals surface area contributed by atoms with E-state index < -0.39 is 29.2 Å². The number of halogens is 4. The topological polar surface area (TPSA) is 194 Å². The second-order valence-corrected chi connectivity index (χ2v) is 12.7. The molecule has 17 heteroatoms. The van der Waals surface area contributed by atoms with E-state index in [9.17, 15) is 32.3 Å². The lowest BCUT2D eigenvalue weighted by molar-refractivity contribution is -0.156. The van der Waals surface area contributed by atoms with Gasteiger partial charge in [-0.2, -0.15) is 18.2 Å². The molecule has 312 valence electrons. The van der Waals surface area contributed by atoms with Gasteiger partial charge in [-0.05, 0) is 75.4 Å². The molecule has 0 unspecified atom stereocenters. The van der Waals surface area contributed by atoms with Crippen LogP contribution in [0.25, 0.3) is 0 Å². The van der Waals surface area contributed by atoms with Gasteiger partial charge in [0.1, 0.15) is 17.7 Å². The number of esters is 1. The van der Waals surface area contributed by atoms with Gasteiger partial charge in [0.05, 0.1) is 62.9 Å². The van der Waals surface area contributed by atoms with E-state index >= 15 is 0 Å². The molecule has 0 heterocycles. The predicted octanol–water partition coefficient (Wildman–Crippen LogP) is 7.30. The van der Waals surface area contributed by atoms with Crippen LogP contribution in [-0.4, -0.2) is 81.7 Å². The zero-order chi connectivity index (χ0) is 42.9. The van der Waals surface area contributed by atoms with E-state index in [2.05, 4.69) is 15.6 Å². The van der Waals surface area contributed by atoms with Crippen molar-refractivity contribution in [2.45, 2.75) is 52.8 Å². The Hall–Kier alpha value is -5.13. The minimum atomic E-state index is -4.49. The summed E-state index contributed by atoms with van der Waals surface area (Å²) in [6.45, 7) is 12.9. The van der Waals surface area contributed by atoms with E-state index in [-0.39, 0.29) is 45.8 Å². The van der Waals surface area contributed by atoms with Crippen molar-refractivity contribution < 1.29 is 51.3 Å². The van der Waals surface area contributed by atoms with Crippen molar-refractivity contribution in [1.82, 2.24) is 0 Å². The molecule has 0 aliphatic rings. The Balaban J connectivity index is 0.000000656. The molecule has 0 atom stereocenters. The number of hydrogen-bond donors (Lipinski definition) is 4. The van der Waals surface area contributed by atoms with Gasteiger partial charge >= 0.3 is 12.1 Å². The number of aldehydes is 1. The summed E-state index contributed by atoms with van der Waals surface area (Å²) in [5, 5.41) is 5.40. The molecule has 0 radical (unpaired) electrons. The van der Waals surface area contributed by atoms with Crippen LogP contribution >= 0.6 is 11.6 Å². The number of anilines is 2. The molecule has 3 aromatic carbocycles. The van der Waals surface area contributed by atoms with Crippen molar-refractivity contribution >= 4 is 52.9 Å². The maximum atomic E-state index is 12.8. The smallest absolute Gasteiger partial charge is 0.416 e. The molecule has 0 fully saturated rings. The van der Waals surface area contributed by atoms with Gasteiger partial charge in [-0.15, -0.1) is 0 Å². The highest BCUT2D eigenvalue weighted by molar-refractivity contribution is 6.31. The molecule has 0 saturated carbocycles. The number of amides is 2. The summed E-state index contributed by atoms with van der Waals surface area (Å²) < 4.78 is 59.3. The minimum Gasteiger partial charge on any atom is -0.460 e. The van der Waals surface area contributed by atoms with Crippen LogP contribution in [0.3, 0.4) is 0 Å². The largest absolute Gasteiger partial charge is 0.460 e. The normalized spacial score (nSPS) is 11.4.